The lowest BCUT2D eigenvalue weighted by molar-refractivity contribution is -0.116. The molecule has 6 nitrogen and oxygen atoms in total. The number of sulfonamides is 1. The molecule has 0 spiro atoms. The van der Waals surface area contributed by atoms with Crippen molar-refractivity contribution in [1.82, 2.24) is 15.0 Å². The van der Waals surface area contributed by atoms with Gasteiger partial charge in [-0.3, -0.25) is 9.78 Å². The van der Waals surface area contributed by atoms with E-state index in [0.717, 1.165) is 22.0 Å². The molecule has 0 aliphatic carbocycles. The lowest BCUT2D eigenvalue weighted by atomic mass is 10.1. The summed E-state index contributed by atoms with van der Waals surface area (Å²) in [5.74, 6) is -0.397. The number of nitrogens with one attached hydrogen (secondary N) is 2. The van der Waals surface area contributed by atoms with Gasteiger partial charge in [-0.25, -0.2) is 13.1 Å². The molecule has 7 heteroatoms. The van der Waals surface area contributed by atoms with Crippen molar-refractivity contribution in [3.05, 3.63) is 83.6 Å². The van der Waals surface area contributed by atoms with Crippen molar-refractivity contribution in [2.24, 2.45) is 0 Å². The molecule has 28 heavy (non-hydrogen) atoms. The van der Waals surface area contributed by atoms with Crippen molar-refractivity contribution < 1.29 is 13.2 Å². The first-order valence-corrected chi connectivity index (χ1v) is 10.4. The molecule has 2 aromatic carbocycles. The Kier molecular flexibility index (Phi) is 6.18. The predicted octanol–water partition coefficient (Wildman–Crippen LogP) is 2.61. The third-order valence-corrected chi connectivity index (χ3v) is 5.62. The molecule has 0 aliphatic rings. The van der Waals surface area contributed by atoms with E-state index >= 15 is 0 Å². The number of rotatable bonds is 7. The van der Waals surface area contributed by atoms with Crippen molar-refractivity contribution >= 4 is 32.9 Å². The maximum Gasteiger partial charge on any atom is 0.244 e. The van der Waals surface area contributed by atoms with Gasteiger partial charge in [0.1, 0.15) is 0 Å². The van der Waals surface area contributed by atoms with Gasteiger partial charge in [-0.05, 0) is 30.3 Å². The van der Waals surface area contributed by atoms with Crippen LogP contribution in [0.1, 0.15) is 16.7 Å². The molecule has 0 saturated carbocycles. The fraction of sp³-hybridized carbons (Fsp3) is 0.143. The van der Waals surface area contributed by atoms with E-state index in [9.17, 15) is 13.2 Å². The topological polar surface area (TPSA) is 88.2 Å². The van der Waals surface area contributed by atoms with Crippen LogP contribution in [0.25, 0.3) is 17.0 Å². The monoisotopic (exact) mass is 395 g/mol. The first kappa shape index (κ1) is 19.7. The van der Waals surface area contributed by atoms with Crippen LogP contribution in [0, 0.1) is 0 Å². The zero-order chi connectivity index (χ0) is 20.0. The first-order chi connectivity index (χ1) is 13.5. The van der Waals surface area contributed by atoms with Crippen molar-refractivity contribution in [1.29, 1.82) is 0 Å². The van der Waals surface area contributed by atoms with Crippen LogP contribution in [0.15, 0.2) is 66.9 Å². The van der Waals surface area contributed by atoms with Gasteiger partial charge >= 0.3 is 0 Å². The zero-order valence-corrected chi connectivity index (χ0v) is 16.2. The van der Waals surface area contributed by atoms with Crippen LogP contribution in [-0.2, 0) is 27.1 Å². The van der Waals surface area contributed by atoms with E-state index < -0.39 is 10.0 Å². The molecule has 0 bridgehead atoms. The second-order valence-corrected chi connectivity index (χ2v) is 8.13. The number of hydrogen-bond donors (Lipinski definition) is 2. The Bertz CT molecular complexity index is 1120. The van der Waals surface area contributed by atoms with Crippen molar-refractivity contribution in [2.45, 2.75) is 12.3 Å². The van der Waals surface area contributed by atoms with E-state index in [1.807, 2.05) is 36.4 Å². The standard InChI is InChI=1S/C21H21N3O3S/c1-22-28(26,27)15-19-7-3-2-6-18(19)14-24-20(25)12-11-17-9-4-8-16-10-5-13-23-21(16)17/h2-13,22H,14-15H2,1H3,(H,24,25)/b12-11+. The molecule has 1 aromatic heterocycles. The summed E-state index contributed by atoms with van der Waals surface area (Å²) in [4.78, 5) is 16.6. The third-order valence-electron chi connectivity index (χ3n) is 4.31. The molecule has 1 heterocycles. The van der Waals surface area contributed by atoms with Crippen LogP contribution < -0.4 is 10.0 Å². The molecule has 0 radical (unpaired) electrons. The maximum absolute atomic E-state index is 12.2. The van der Waals surface area contributed by atoms with Crippen LogP contribution in [0.5, 0.6) is 0 Å². The minimum atomic E-state index is -3.38. The van der Waals surface area contributed by atoms with Gasteiger partial charge in [-0.15, -0.1) is 0 Å². The number of amides is 1. The summed E-state index contributed by atoms with van der Waals surface area (Å²) in [5.41, 5.74) is 3.10. The number of hydrogen-bond acceptors (Lipinski definition) is 4. The average Bonchev–Trinajstić information content (AvgIpc) is 2.71. The smallest absolute Gasteiger partial charge is 0.244 e. The Morgan fingerprint density at radius 2 is 1.79 bits per heavy atom. The second kappa shape index (κ2) is 8.77. The molecule has 0 unspecified atom stereocenters. The summed E-state index contributed by atoms with van der Waals surface area (Å²) >= 11 is 0. The normalized spacial score (nSPS) is 11.8. The molecule has 2 N–H and O–H groups in total. The zero-order valence-electron chi connectivity index (χ0n) is 15.4. The lowest BCUT2D eigenvalue weighted by Gasteiger charge is -2.10. The van der Waals surface area contributed by atoms with E-state index in [-0.39, 0.29) is 18.2 Å². The summed E-state index contributed by atoms with van der Waals surface area (Å²) in [6.45, 7) is 0.242. The van der Waals surface area contributed by atoms with E-state index in [2.05, 4.69) is 15.0 Å². The molecule has 0 saturated heterocycles. The van der Waals surface area contributed by atoms with Crippen LogP contribution in [-0.4, -0.2) is 26.4 Å². The summed E-state index contributed by atoms with van der Waals surface area (Å²) in [6, 6.07) is 16.8. The number of aromatic nitrogens is 1. The van der Waals surface area contributed by atoms with Crippen LogP contribution in [0.2, 0.25) is 0 Å². The van der Waals surface area contributed by atoms with Crippen molar-refractivity contribution in [2.75, 3.05) is 7.05 Å². The minimum Gasteiger partial charge on any atom is -0.348 e. The van der Waals surface area contributed by atoms with E-state index in [1.165, 1.54) is 13.1 Å². The highest BCUT2D eigenvalue weighted by Crippen LogP contribution is 2.17. The Hall–Kier alpha value is -3.03. The predicted molar refractivity (Wildman–Crippen MR) is 111 cm³/mol. The average molecular weight is 395 g/mol. The Labute approximate surface area is 164 Å². The van der Waals surface area contributed by atoms with Gasteiger partial charge in [0, 0.05) is 29.8 Å². The Balaban J connectivity index is 1.69. The highest BCUT2D eigenvalue weighted by molar-refractivity contribution is 7.88. The number of benzene rings is 2. The Morgan fingerprint density at radius 1 is 1.04 bits per heavy atom. The van der Waals surface area contributed by atoms with Crippen LogP contribution in [0.3, 0.4) is 0 Å². The fourth-order valence-electron chi connectivity index (χ4n) is 2.82. The molecule has 0 aliphatic heterocycles. The number of nitrogens with zero attached hydrogens (tertiary/aromatic N) is 1. The van der Waals surface area contributed by atoms with Gasteiger partial charge in [-0.2, -0.15) is 0 Å². The quantitative estimate of drug-likeness (QED) is 0.602. The van der Waals surface area contributed by atoms with E-state index in [4.69, 9.17) is 0 Å². The number of para-hydroxylation sites is 1. The number of fused-ring (bicyclic) bond motifs is 1. The van der Waals surface area contributed by atoms with Gasteiger partial charge in [0.2, 0.25) is 15.9 Å². The van der Waals surface area contributed by atoms with Crippen molar-refractivity contribution in [3.63, 3.8) is 0 Å². The third kappa shape index (κ3) is 5.03. The van der Waals surface area contributed by atoms with Gasteiger partial charge < -0.3 is 5.32 Å². The Morgan fingerprint density at radius 3 is 2.57 bits per heavy atom. The molecule has 144 valence electrons. The SMILES string of the molecule is CNS(=O)(=O)Cc1ccccc1CNC(=O)/C=C/c1cccc2cccnc12. The highest BCUT2D eigenvalue weighted by atomic mass is 32.2. The highest BCUT2D eigenvalue weighted by Gasteiger charge is 2.12. The van der Waals surface area contributed by atoms with Gasteiger partial charge in [0.25, 0.3) is 0 Å². The summed E-state index contributed by atoms with van der Waals surface area (Å²) in [7, 11) is -2.00. The fourth-order valence-corrected chi connectivity index (χ4v) is 3.65. The molecule has 3 aromatic rings. The van der Waals surface area contributed by atoms with Gasteiger partial charge in [-0.1, -0.05) is 48.5 Å². The number of pyridine rings is 1. The number of carbonyl (C=O) groups is 1. The van der Waals surface area contributed by atoms with Gasteiger partial charge in [0.05, 0.1) is 11.3 Å². The largest absolute Gasteiger partial charge is 0.348 e. The molecule has 0 atom stereocenters. The minimum absolute atomic E-state index is 0.132. The first-order valence-electron chi connectivity index (χ1n) is 8.76. The van der Waals surface area contributed by atoms with E-state index in [0.29, 0.717) is 5.56 Å². The maximum atomic E-state index is 12.2. The molecule has 3 rings (SSSR count). The molecular formula is C21H21N3O3S. The number of carbonyl (C=O) groups excluding carboxylic acids is 1. The molecule has 0 fully saturated rings. The van der Waals surface area contributed by atoms with Gasteiger partial charge in [0.15, 0.2) is 0 Å². The summed E-state index contributed by atoms with van der Waals surface area (Å²) in [6.07, 6.45) is 4.90. The lowest BCUT2D eigenvalue weighted by Crippen LogP contribution is -2.24. The second-order valence-electron chi connectivity index (χ2n) is 6.21. The van der Waals surface area contributed by atoms with Crippen LogP contribution >= 0.6 is 0 Å². The summed E-state index contributed by atoms with van der Waals surface area (Å²) < 4.78 is 25.9. The molecular weight excluding hydrogens is 374 g/mol. The van der Waals surface area contributed by atoms with E-state index in [1.54, 1.807) is 30.5 Å². The van der Waals surface area contributed by atoms with Crippen LogP contribution in [0.4, 0.5) is 0 Å². The summed E-state index contributed by atoms with van der Waals surface area (Å²) in [5, 5.41) is 3.80. The van der Waals surface area contributed by atoms with Crippen molar-refractivity contribution in [3.8, 4) is 0 Å². The molecule has 1 amide bonds.